The smallest absolute Gasteiger partial charge is 0.320 e. The summed E-state index contributed by atoms with van der Waals surface area (Å²) < 4.78 is 13.5. The Bertz CT molecular complexity index is 1100. The fourth-order valence-electron chi connectivity index (χ4n) is 3.62. The molecular weight excluding hydrogens is 417 g/mol. The summed E-state index contributed by atoms with van der Waals surface area (Å²) in [7, 11) is 0. The number of para-hydroxylation sites is 2. The lowest BCUT2D eigenvalue weighted by molar-refractivity contribution is 0.102. The van der Waals surface area contributed by atoms with Crippen LogP contribution in [0.15, 0.2) is 72.8 Å². The molecule has 4 rings (SSSR count). The van der Waals surface area contributed by atoms with E-state index in [4.69, 9.17) is 11.6 Å². The lowest BCUT2D eigenvalue weighted by Gasteiger charge is -2.36. The molecule has 0 aliphatic carbocycles. The Morgan fingerprint density at radius 1 is 1.00 bits per heavy atom. The molecule has 0 spiro atoms. The van der Waals surface area contributed by atoms with Gasteiger partial charge in [0.2, 0.25) is 0 Å². The van der Waals surface area contributed by atoms with E-state index in [-0.39, 0.29) is 17.8 Å². The number of carbonyl (C=O) groups is 2. The molecule has 0 saturated carbocycles. The van der Waals surface area contributed by atoms with Gasteiger partial charge in [0.05, 0.1) is 11.4 Å². The van der Waals surface area contributed by atoms with E-state index in [1.807, 2.05) is 6.07 Å². The molecule has 0 aromatic heterocycles. The van der Waals surface area contributed by atoms with Gasteiger partial charge in [-0.2, -0.15) is 0 Å². The van der Waals surface area contributed by atoms with Crippen molar-refractivity contribution in [1.29, 1.82) is 0 Å². The molecule has 3 aromatic carbocycles. The number of nitrogens with one attached hydrogen (secondary N) is 1. The number of urea groups is 1. The van der Waals surface area contributed by atoms with Gasteiger partial charge in [-0.05, 0) is 60.5 Å². The predicted octanol–water partition coefficient (Wildman–Crippen LogP) is 5.56. The Balaban J connectivity index is 1.54. The summed E-state index contributed by atoms with van der Waals surface area (Å²) in [5.74, 6) is -0.612. The van der Waals surface area contributed by atoms with Gasteiger partial charge >= 0.3 is 6.03 Å². The first-order valence-corrected chi connectivity index (χ1v) is 10.4. The first-order valence-electron chi connectivity index (χ1n) is 9.98. The molecule has 1 aliphatic heterocycles. The maximum Gasteiger partial charge on any atom is 0.324 e. The first-order chi connectivity index (χ1) is 15.0. The maximum atomic E-state index is 13.5. The zero-order chi connectivity index (χ0) is 21.8. The highest BCUT2D eigenvalue weighted by Gasteiger charge is 2.28. The van der Waals surface area contributed by atoms with Crippen LogP contribution >= 0.6 is 11.6 Å². The normalized spacial score (nSPS) is 13.9. The second-order valence-corrected chi connectivity index (χ2v) is 7.75. The van der Waals surface area contributed by atoms with Gasteiger partial charge in [0.1, 0.15) is 5.82 Å². The topological polar surface area (TPSA) is 52.7 Å². The standard InChI is InChI=1S/C24H21ClFN3O2/c25-19-11-9-18(10-12-19)23(30)27-21-7-1-2-8-22(21)29-14-4-13-28(24(29)31)16-17-5-3-6-20(26)15-17/h1-3,5-12,15H,4,13-14,16H2,(H,27,30). The summed E-state index contributed by atoms with van der Waals surface area (Å²) in [4.78, 5) is 29.2. The fourth-order valence-corrected chi connectivity index (χ4v) is 3.74. The van der Waals surface area contributed by atoms with Crippen LogP contribution in [-0.2, 0) is 6.54 Å². The quantitative estimate of drug-likeness (QED) is 0.567. The van der Waals surface area contributed by atoms with E-state index in [9.17, 15) is 14.0 Å². The highest BCUT2D eigenvalue weighted by atomic mass is 35.5. The van der Waals surface area contributed by atoms with Gasteiger partial charge in [-0.25, -0.2) is 9.18 Å². The molecule has 3 aromatic rings. The Hall–Kier alpha value is -3.38. The highest BCUT2D eigenvalue weighted by molar-refractivity contribution is 6.30. The van der Waals surface area contributed by atoms with Crippen LogP contribution in [0.5, 0.6) is 0 Å². The summed E-state index contributed by atoms with van der Waals surface area (Å²) in [5.41, 5.74) is 2.37. The highest BCUT2D eigenvalue weighted by Crippen LogP contribution is 2.29. The van der Waals surface area contributed by atoms with Crippen LogP contribution in [0.3, 0.4) is 0 Å². The van der Waals surface area contributed by atoms with Gasteiger partial charge in [0.25, 0.3) is 5.91 Å². The van der Waals surface area contributed by atoms with Crippen molar-refractivity contribution in [1.82, 2.24) is 4.90 Å². The average molecular weight is 438 g/mol. The third kappa shape index (κ3) is 4.86. The molecule has 0 unspecified atom stereocenters. The van der Waals surface area contributed by atoms with Crippen LogP contribution in [-0.4, -0.2) is 29.9 Å². The lowest BCUT2D eigenvalue weighted by Crippen LogP contribution is -2.49. The number of hydrogen-bond acceptors (Lipinski definition) is 2. The first kappa shape index (κ1) is 20.9. The Morgan fingerprint density at radius 3 is 2.55 bits per heavy atom. The van der Waals surface area contributed by atoms with Crippen molar-refractivity contribution in [2.24, 2.45) is 0 Å². The van der Waals surface area contributed by atoms with Crippen LogP contribution in [0.2, 0.25) is 5.02 Å². The van der Waals surface area contributed by atoms with Gasteiger partial charge in [-0.3, -0.25) is 9.69 Å². The third-order valence-corrected chi connectivity index (χ3v) is 5.38. The van der Waals surface area contributed by atoms with Crippen molar-refractivity contribution in [2.45, 2.75) is 13.0 Å². The molecule has 1 saturated heterocycles. The molecule has 0 atom stereocenters. The second-order valence-electron chi connectivity index (χ2n) is 7.32. The van der Waals surface area contributed by atoms with Crippen LogP contribution < -0.4 is 10.2 Å². The average Bonchev–Trinajstić information content (AvgIpc) is 2.76. The molecule has 1 fully saturated rings. The number of nitrogens with zero attached hydrogens (tertiary/aromatic N) is 2. The molecule has 3 amide bonds. The number of benzene rings is 3. The lowest BCUT2D eigenvalue weighted by atomic mass is 10.1. The fraction of sp³-hybridized carbons (Fsp3) is 0.167. The van der Waals surface area contributed by atoms with Crippen molar-refractivity contribution < 1.29 is 14.0 Å². The van der Waals surface area contributed by atoms with Crippen molar-refractivity contribution in [2.75, 3.05) is 23.3 Å². The molecule has 7 heteroatoms. The molecular formula is C24H21ClFN3O2. The van der Waals surface area contributed by atoms with Crippen molar-refractivity contribution >= 4 is 34.9 Å². The van der Waals surface area contributed by atoms with Gasteiger partial charge < -0.3 is 10.2 Å². The van der Waals surface area contributed by atoms with Crippen molar-refractivity contribution in [3.05, 3.63) is 94.8 Å². The van der Waals surface area contributed by atoms with Gasteiger partial charge in [-0.1, -0.05) is 35.9 Å². The van der Waals surface area contributed by atoms with E-state index in [0.717, 1.165) is 12.0 Å². The minimum Gasteiger partial charge on any atom is -0.320 e. The molecule has 31 heavy (non-hydrogen) atoms. The summed E-state index contributed by atoms with van der Waals surface area (Å²) in [6.07, 6.45) is 0.764. The molecule has 0 bridgehead atoms. The van der Waals surface area contributed by atoms with Gasteiger partial charge in [0, 0.05) is 30.2 Å². The van der Waals surface area contributed by atoms with Gasteiger partial charge in [0.15, 0.2) is 0 Å². The van der Waals surface area contributed by atoms with Gasteiger partial charge in [-0.15, -0.1) is 0 Å². The van der Waals surface area contributed by atoms with E-state index < -0.39 is 0 Å². The van der Waals surface area contributed by atoms with Crippen LogP contribution in [0.4, 0.5) is 20.6 Å². The summed E-state index contributed by atoms with van der Waals surface area (Å²) in [6.45, 7) is 1.45. The monoisotopic (exact) mass is 437 g/mol. The van der Waals surface area contributed by atoms with E-state index in [2.05, 4.69) is 5.32 Å². The zero-order valence-corrected chi connectivity index (χ0v) is 17.5. The SMILES string of the molecule is O=C(Nc1ccccc1N1CCCN(Cc2cccc(F)c2)C1=O)c1ccc(Cl)cc1. The van der Waals surface area contributed by atoms with E-state index >= 15 is 0 Å². The molecule has 0 radical (unpaired) electrons. The maximum absolute atomic E-state index is 13.5. The third-order valence-electron chi connectivity index (χ3n) is 5.12. The molecule has 1 N–H and O–H groups in total. The number of halogens is 2. The molecule has 158 valence electrons. The second kappa shape index (κ2) is 9.18. The molecule has 1 aliphatic rings. The summed E-state index contributed by atoms with van der Waals surface area (Å²) >= 11 is 5.90. The Labute approximate surface area is 185 Å². The minimum atomic E-state index is -0.325. The van der Waals surface area contributed by atoms with E-state index in [1.54, 1.807) is 64.4 Å². The van der Waals surface area contributed by atoms with Crippen LogP contribution in [0, 0.1) is 5.82 Å². The summed E-state index contributed by atoms with van der Waals surface area (Å²) in [6, 6.07) is 19.9. The largest absolute Gasteiger partial charge is 0.324 e. The Morgan fingerprint density at radius 2 is 1.77 bits per heavy atom. The van der Waals surface area contributed by atoms with E-state index in [1.165, 1.54) is 12.1 Å². The molecule has 5 nitrogen and oxygen atoms in total. The van der Waals surface area contributed by atoms with Crippen molar-refractivity contribution in [3.63, 3.8) is 0 Å². The number of amides is 3. The minimum absolute atomic E-state index is 0.177. The van der Waals surface area contributed by atoms with E-state index in [0.29, 0.717) is 41.6 Å². The number of hydrogen-bond donors (Lipinski definition) is 1. The summed E-state index contributed by atoms with van der Waals surface area (Å²) in [5, 5.41) is 3.44. The predicted molar refractivity (Wildman–Crippen MR) is 120 cm³/mol. The zero-order valence-electron chi connectivity index (χ0n) is 16.7. The number of anilines is 2. The number of carbonyl (C=O) groups excluding carboxylic acids is 2. The Kier molecular flexibility index (Phi) is 6.18. The number of rotatable bonds is 5. The molecule has 1 heterocycles. The van der Waals surface area contributed by atoms with Crippen LogP contribution in [0.25, 0.3) is 0 Å². The van der Waals surface area contributed by atoms with Crippen LogP contribution in [0.1, 0.15) is 22.3 Å². The van der Waals surface area contributed by atoms with Crippen molar-refractivity contribution in [3.8, 4) is 0 Å².